The normalized spacial score (nSPS) is 11.3. The van der Waals surface area contributed by atoms with E-state index in [1.807, 2.05) is 0 Å². The summed E-state index contributed by atoms with van der Waals surface area (Å²) in [6, 6.07) is 0. The SMILES string of the molecule is CC(C)CCCCCCCCCC(=O)OCCCCCCCCCCCCO. The van der Waals surface area contributed by atoms with E-state index in [-0.39, 0.29) is 5.97 Å². The molecule has 0 aliphatic heterocycles. The van der Waals surface area contributed by atoms with Crippen LogP contribution in [0.5, 0.6) is 0 Å². The molecule has 0 heterocycles. The van der Waals surface area contributed by atoms with Gasteiger partial charge >= 0.3 is 5.97 Å². The highest BCUT2D eigenvalue weighted by atomic mass is 16.5. The zero-order valence-electron chi connectivity index (χ0n) is 19.2. The first-order chi connectivity index (χ1) is 13.7. The maximum absolute atomic E-state index is 11.7. The van der Waals surface area contributed by atoms with Gasteiger partial charge in [-0.05, 0) is 25.2 Å². The van der Waals surface area contributed by atoms with Crippen LogP contribution in [0.3, 0.4) is 0 Å². The third-order valence-corrected chi connectivity index (χ3v) is 5.48. The molecule has 3 nitrogen and oxygen atoms in total. The first-order valence-electron chi connectivity index (χ1n) is 12.4. The third kappa shape index (κ3) is 23.5. The monoisotopic (exact) mass is 398 g/mol. The Morgan fingerprint density at radius 1 is 0.643 bits per heavy atom. The van der Waals surface area contributed by atoms with Crippen LogP contribution in [0.2, 0.25) is 0 Å². The van der Waals surface area contributed by atoms with E-state index in [9.17, 15) is 4.79 Å². The van der Waals surface area contributed by atoms with Crippen molar-refractivity contribution in [3.8, 4) is 0 Å². The van der Waals surface area contributed by atoms with Crippen molar-refractivity contribution in [1.82, 2.24) is 0 Å². The van der Waals surface area contributed by atoms with Gasteiger partial charge in [-0.2, -0.15) is 0 Å². The lowest BCUT2D eigenvalue weighted by atomic mass is 10.0. The predicted molar refractivity (Wildman–Crippen MR) is 121 cm³/mol. The molecule has 0 spiro atoms. The minimum atomic E-state index is -0.000173. The van der Waals surface area contributed by atoms with Gasteiger partial charge in [-0.15, -0.1) is 0 Å². The lowest BCUT2D eigenvalue weighted by Gasteiger charge is -2.06. The number of carbonyl (C=O) groups excluding carboxylic acids is 1. The van der Waals surface area contributed by atoms with Gasteiger partial charge in [-0.3, -0.25) is 4.79 Å². The van der Waals surface area contributed by atoms with E-state index in [0.29, 0.717) is 19.6 Å². The summed E-state index contributed by atoms with van der Waals surface area (Å²) in [6.07, 6.45) is 22.8. The van der Waals surface area contributed by atoms with Gasteiger partial charge in [0.15, 0.2) is 0 Å². The molecular weight excluding hydrogens is 348 g/mol. The molecule has 0 unspecified atom stereocenters. The van der Waals surface area contributed by atoms with Crippen molar-refractivity contribution in [3.05, 3.63) is 0 Å². The summed E-state index contributed by atoms with van der Waals surface area (Å²) in [7, 11) is 0. The van der Waals surface area contributed by atoms with Crippen molar-refractivity contribution >= 4 is 5.97 Å². The lowest BCUT2D eigenvalue weighted by Crippen LogP contribution is -2.05. The zero-order valence-corrected chi connectivity index (χ0v) is 19.2. The van der Waals surface area contributed by atoms with Crippen molar-refractivity contribution < 1.29 is 14.6 Å². The maximum Gasteiger partial charge on any atom is 0.305 e. The second-order valence-electron chi connectivity index (χ2n) is 8.89. The van der Waals surface area contributed by atoms with Crippen molar-refractivity contribution in [1.29, 1.82) is 0 Å². The van der Waals surface area contributed by atoms with Gasteiger partial charge in [0.2, 0.25) is 0 Å². The largest absolute Gasteiger partial charge is 0.466 e. The number of aliphatic hydroxyl groups is 1. The fraction of sp³-hybridized carbons (Fsp3) is 0.960. The minimum Gasteiger partial charge on any atom is -0.466 e. The smallest absolute Gasteiger partial charge is 0.305 e. The highest BCUT2D eigenvalue weighted by Crippen LogP contribution is 2.13. The average Bonchev–Trinajstić information content (AvgIpc) is 2.67. The Labute approximate surface area is 176 Å². The second-order valence-corrected chi connectivity index (χ2v) is 8.89. The van der Waals surface area contributed by atoms with E-state index in [1.165, 1.54) is 96.3 Å². The Morgan fingerprint density at radius 2 is 1.07 bits per heavy atom. The summed E-state index contributed by atoms with van der Waals surface area (Å²) in [6.45, 7) is 5.54. The Morgan fingerprint density at radius 3 is 1.57 bits per heavy atom. The van der Waals surface area contributed by atoms with Gasteiger partial charge in [-0.25, -0.2) is 0 Å². The summed E-state index contributed by atoms with van der Waals surface area (Å²) in [5.74, 6) is 0.837. The maximum atomic E-state index is 11.7. The van der Waals surface area contributed by atoms with Crippen LogP contribution in [0.4, 0.5) is 0 Å². The number of unbranched alkanes of at least 4 members (excludes halogenated alkanes) is 15. The molecule has 1 N–H and O–H groups in total. The molecule has 0 aliphatic rings. The van der Waals surface area contributed by atoms with Gasteiger partial charge in [0.1, 0.15) is 0 Å². The molecule has 0 aliphatic carbocycles. The van der Waals surface area contributed by atoms with Crippen molar-refractivity contribution in [3.63, 3.8) is 0 Å². The topological polar surface area (TPSA) is 46.5 Å². The minimum absolute atomic E-state index is 0.000173. The number of esters is 1. The van der Waals surface area contributed by atoms with Gasteiger partial charge in [-0.1, -0.05) is 110 Å². The van der Waals surface area contributed by atoms with Gasteiger partial charge in [0.25, 0.3) is 0 Å². The van der Waals surface area contributed by atoms with Crippen LogP contribution < -0.4 is 0 Å². The van der Waals surface area contributed by atoms with Crippen molar-refractivity contribution in [2.24, 2.45) is 5.92 Å². The molecule has 168 valence electrons. The van der Waals surface area contributed by atoms with Crippen molar-refractivity contribution in [2.75, 3.05) is 13.2 Å². The van der Waals surface area contributed by atoms with Gasteiger partial charge in [0.05, 0.1) is 6.61 Å². The van der Waals surface area contributed by atoms with E-state index in [0.717, 1.165) is 25.2 Å². The second kappa shape index (κ2) is 22.7. The zero-order chi connectivity index (χ0) is 20.7. The first kappa shape index (κ1) is 27.4. The van der Waals surface area contributed by atoms with Crippen LogP contribution in [-0.4, -0.2) is 24.3 Å². The summed E-state index contributed by atoms with van der Waals surface area (Å²) < 4.78 is 5.35. The first-order valence-corrected chi connectivity index (χ1v) is 12.4. The third-order valence-electron chi connectivity index (χ3n) is 5.48. The molecule has 0 amide bonds. The fourth-order valence-electron chi connectivity index (χ4n) is 3.59. The number of rotatable bonds is 22. The number of aliphatic hydroxyl groups excluding tert-OH is 1. The molecule has 0 rings (SSSR count). The standard InChI is InChI=1S/C25H50O3/c1-24(2)20-16-12-8-7-9-13-17-21-25(27)28-23-19-15-11-6-4-3-5-10-14-18-22-26/h24,26H,3-23H2,1-2H3. The van der Waals surface area contributed by atoms with Crippen LogP contribution in [-0.2, 0) is 9.53 Å². The Hall–Kier alpha value is -0.570. The Kier molecular flexibility index (Phi) is 22.3. The molecule has 3 heteroatoms. The number of ether oxygens (including phenoxy) is 1. The van der Waals surface area contributed by atoms with E-state index in [4.69, 9.17) is 9.84 Å². The molecule has 0 bridgehead atoms. The van der Waals surface area contributed by atoms with Crippen LogP contribution >= 0.6 is 0 Å². The molecule has 0 radical (unpaired) electrons. The number of hydrogen-bond acceptors (Lipinski definition) is 3. The number of carbonyl (C=O) groups is 1. The van der Waals surface area contributed by atoms with E-state index in [2.05, 4.69) is 13.8 Å². The van der Waals surface area contributed by atoms with Crippen LogP contribution in [0.15, 0.2) is 0 Å². The summed E-state index contributed by atoms with van der Waals surface area (Å²) >= 11 is 0. The van der Waals surface area contributed by atoms with E-state index < -0.39 is 0 Å². The van der Waals surface area contributed by atoms with E-state index >= 15 is 0 Å². The van der Waals surface area contributed by atoms with E-state index in [1.54, 1.807) is 0 Å². The molecule has 0 saturated carbocycles. The summed E-state index contributed by atoms with van der Waals surface area (Å²) in [4.78, 5) is 11.7. The average molecular weight is 399 g/mol. The molecule has 0 aromatic heterocycles. The molecule has 0 aromatic carbocycles. The molecule has 0 atom stereocenters. The Bertz CT molecular complexity index is 315. The van der Waals surface area contributed by atoms with Gasteiger partial charge in [0, 0.05) is 13.0 Å². The fourth-order valence-corrected chi connectivity index (χ4v) is 3.59. The summed E-state index contributed by atoms with van der Waals surface area (Å²) in [5, 5.41) is 8.72. The summed E-state index contributed by atoms with van der Waals surface area (Å²) in [5.41, 5.74) is 0. The quantitative estimate of drug-likeness (QED) is 0.151. The molecular formula is C25H50O3. The van der Waals surface area contributed by atoms with Gasteiger partial charge < -0.3 is 9.84 Å². The van der Waals surface area contributed by atoms with Crippen LogP contribution in [0, 0.1) is 5.92 Å². The molecule has 28 heavy (non-hydrogen) atoms. The highest BCUT2D eigenvalue weighted by molar-refractivity contribution is 5.69. The highest BCUT2D eigenvalue weighted by Gasteiger charge is 2.02. The van der Waals surface area contributed by atoms with Crippen molar-refractivity contribution in [2.45, 2.75) is 136 Å². The van der Waals surface area contributed by atoms with Crippen LogP contribution in [0.25, 0.3) is 0 Å². The number of hydrogen-bond donors (Lipinski definition) is 1. The molecule has 0 fully saturated rings. The predicted octanol–water partition coefficient (Wildman–Crippen LogP) is 7.59. The van der Waals surface area contributed by atoms with Crippen LogP contribution in [0.1, 0.15) is 136 Å². The molecule has 0 saturated heterocycles. The lowest BCUT2D eigenvalue weighted by molar-refractivity contribution is -0.143. The Balaban J connectivity index is 3.15. The molecule has 0 aromatic rings.